The van der Waals surface area contributed by atoms with Crippen molar-refractivity contribution in [1.82, 2.24) is 44.9 Å². The number of rotatable bonds is 18. The Bertz CT molecular complexity index is 2750. The Morgan fingerprint density at radius 2 is 1.58 bits per heavy atom. The van der Waals surface area contributed by atoms with Gasteiger partial charge in [-0.3, -0.25) is 24.0 Å². The van der Waals surface area contributed by atoms with Crippen LogP contribution in [0.25, 0.3) is 10.9 Å². The van der Waals surface area contributed by atoms with Gasteiger partial charge in [-0.1, -0.05) is 54.3 Å². The van der Waals surface area contributed by atoms with Crippen LogP contribution in [0.5, 0.6) is 0 Å². The quantitative estimate of drug-likeness (QED) is 0.0813. The molecule has 1 saturated carbocycles. The molecule has 384 valence electrons. The maximum absolute atomic E-state index is 14.6. The lowest BCUT2D eigenvalue weighted by molar-refractivity contribution is -0.137. The summed E-state index contributed by atoms with van der Waals surface area (Å²) in [7, 11) is 3.52. The highest BCUT2D eigenvalue weighted by Gasteiger charge is 2.36. The molecule has 5 heterocycles. The van der Waals surface area contributed by atoms with E-state index in [0.29, 0.717) is 107 Å². The number of nitrogens with one attached hydrogen (secondary N) is 4. The number of halogens is 2. The van der Waals surface area contributed by atoms with Crippen molar-refractivity contribution in [3.8, 4) is 0 Å². The van der Waals surface area contributed by atoms with E-state index in [2.05, 4.69) is 41.1 Å². The molecule has 22 heteroatoms. The van der Waals surface area contributed by atoms with E-state index in [-0.39, 0.29) is 73.9 Å². The third-order valence-corrected chi connectivity index (χ3v) is 14.7. The van der Waals surface area contributed by atoms with Gasteiger partial charge in [0.15, 0.2) is 5.13 Å². The molecule has 8 rings (SSSR count). The van der Waals surface area contributed by atoms with Crippen LogP contribution in [0.3, 0.4) is 0 Å². The van der Waals surface area contributed by atoms with Crippen molar-refractivity contribution in [2.45, 2.75) is 52.0 Å². The topological polar surface area (TPSA) is 208 Å². The summed E-state index contributed by atoms with van der Waals surface area (Å²) in [5.41, 5.74) is 2.16. The van der Waals surface area contributed by atoms with Crippen molar-refractivity contribution in [2.75, 3.05) is 108 Å². The second-order valence-corrected chi connectivity index (χ2v) is 19.7. The number of benzene rings is 2. The van der Waals surface area contributed by atoms with Crippen molar-refractivity contribution in [3.05, 3.63) is 87.0 Å². The summed E-state index contributed by atoms with van der Waals surface area (Å²) in [6.45, 7) is 7.47. The van der Waals surface area contributed by atoms with E-state index in [0.717, 1.165) is 31.2 Å². The van der Waals surface area contributed by atoms with Gasteiger partial charge in [-0.15, -0.1) is 0 Å². The van der Waals surface area contributed by atoms with Gasteiger partial charge in [0.2, 0.25) is 11.8 Å². The third-order valence-electron chi connectivity index (χ3n) is 13.5. The summed E-state index contributed by atoms with van der Waals surface area (Å²) in [4.78, 5) is 88.8. The molecule has 1 atom stereocenters. The van der Waals surface area contributed by atoms with Gasteiger partial charge < -0.3 is 54.9 Å². The molecular weight excluding hydrogens is 967 g/mol. The molecule has 2 aliphatic heterocycles. The summed E-state index contributed by atoms with van der Waals surface area (Å²) >= 11 is 7.48. The number of likely N-dealkylation sites (N-methyl/N-ethyl adjacent to an activating group) is 1. The van der Waals surface area contributed by atoms with E-state index in [1.807, 2.05) is 37.1 Å². The van der Waals surface area contributed by atoms with E-state index in [4.69, 9.17) is 21.1 Å². The second-order valence-electron chi connectivity index (χ2n) is 18.2. The molecule has 0 spiro atoms. The molecule has 0 radical (unpaired) electrons. The number of thiazole rings is 1. The van der Waals surface area contributed by atoms with Gasteiger partial charge in [0, 0.05) is 82.9 Å². The SMILES string of the molecule is CNC(C(=O)N1CCN(C(=O)c2c(C(=O)NCCOCCOCC(=O)N3CCN(c4cc(Nc5ncc(C(=O)Nc6c(C)cccc6Cl)s5)nc(C)n4)CC3)c3cc(F)ccc3n2C)CC1)C1CCCCC1. The normalized spacial score (nSPS) is 16.0. The fraction of sp³-hybridized carbons (Fsp3) is 0.480. The van der Waals surface area contributed by atoms with Crippen LogP contribution in [-0.2, 0) is 26.1 Å². The molecule has 72 heavy (non-hydrogen) atoms. The lowest BCUT2D eigenvalue weighted by Crippen LogP contribution is -2.56. The van der Waals surface area contributed by atoms with Crippen LogP contribution in [0.2, 0.25) is 5.02 Å². The Hall–Kier alpha value is -6.26. The number of ether oxygens (including phenoxy) is 2. The number of aryl methyl sites for hydroxylation is 3. The van der Waals surface area contributed by atoms with Crippen LogP contribution >= 0.6 is 22.9 Å². The van der Waals surface area contributed by atoms with Crippen LogP contribution in [0.15, 0.2) is 48.7 Å². The molecular formula is C50H62ClFN12O7S. The van der Waals surface area contributed by atoms with Gasteiger partial charge in [0.25, 0.3) is 17.7 Å². The van der Waals surface area contributed by atoms with Gasteiger partial charge >= 0.3 is 0 Å². The summed E-state index contributed by atoms with van der Waals surface area (Å²) in [6, 6.07) is 11.1. The number of carbonyl (C=O) groups excluding carboxylic acids is 5. The van der Waals surface area contributed by atoms with Crippen LogP contribution in [0.1, 0.15) is 74.0 Å². The number of para-hydroxylation sites is 1. The lowest BCUT2D eigenvalue weighted by Gasteiger charge is -2.38. The minimum absolute atomic E-state index is 0.0604. The first-order valence-corrected chi connectivity index (χ1v) is 25.6. The Morgan fingerprint density at radius 3 is 2.32 bits per heavy atom. The maximum Gasteiger partial charge on any atom is 0.271 e. The number of aromatic nitrogens is 4. The second kappa shape index (κ2) is 24.0. The highest BCUT2D eigenvalue weighted by atomic mass is 35.5. The first-order chi connectivity index (χ1) is 34.8. The van der Waals surface area contributed by atoms with Crippen molar-refractivity contribution in [3.63, 3.8) is 0 Å². The predicted molar refractivity (Wildman–Crippen MR) is 274 cm³/mol. The molecule has 3 aliphatic rings. The average Bonchev–Trinajstić information content (AvgIpc) is 3.97. The number of amides is 5. The van der Waals surface area contributed by atoms with Crippen LogP contribution in [-0.4, -0.2) is 162 Å². The smallest absolute Gasteiger partial charge is 0.271 e. The standard InChI is InChI=1S/C50H62ClFN12O7S/c1-31-9-8-12-36(51)43(31)59-46(66)38-29-55-50(72-38)58-39-28-40(57-32(2)56-39)61-16-18-62(19-17-61)41(65)30-71-26-25-70-24-15-54-47(67)42-35-27-34(52)13-14-37(35)60(4)45(42)49(69)64-22-20-63(21-23-64)48(68)44(53-3)33-10-6-5-7-11-33/h8-9,12-14,27-29,33,44,53H,5-7,10-11,15-26,30H2,1-4H3,(H,54,67)(H,59,66)(H,55,56,57,58). The number of carbonyl (C=O) groups is 5. The molecule has 3 fully saturated rings. The molecule has 19 nitrogen and oxygen atoms in total. The van der Waals surface area contributed by atoms with Crippen molar-refractivity contribution < 1.29 is 37.8 Å². The fourth-order valence-corrected chi connectivity index (χ4v) is 10.7. The molecule has 4 N–H and O–H groups in total. The van der Waals surface area contributed by atoms with Crippen LogP contribution in [0.4, 0.5) is 26.8 Å². The fourth-order valence-electron chi connectivity index (χ4n) is 9.67. The molecule has 2 aromatic carbocycles. The summed E-state index contributed by atoms with van der Waals surface area (Å²) in [6.07, 6.45) is 7.00. The molecule has 2 saturated heterocycles. The summed E-state index contributed by atoms with van der Waals surface area (Å²) < 4.78 is 27.6. The molecule has 3 aromatic heterocycles. The van der Waals surface area contributed by atoms with Gasteiger partial charge in [-0.25, -0.2) is 19.3 Å². The van der Waals surface area contributed by atoms with E-state index >= 15 is 0 Å². The van der Waals surface area contributed by atoms with E-state index in [1.54, 1.807) is 40.5 Å². The molecule has 5 aromatic rings. The third kappa shape index (κ3) is 12.3. The van der Waals surface area contributed by atoms with Crippen LogP contribution in [0, 0.1) is 25.6 Å². The molecule has 1 aliphatic carbocycles. The number of hydrogen-bond acceptors (Lipinski definition) is 14. The zero-order valence-corrected chi connectivity index (χ0v) is 42.7. The van der Waals surface area contributed by atoms with Gasteiger partial charge in [-0.2, -0.15) is 0 Å². The number of piperazine rings is 2. The number of fused-ring (bicyclic) bond motifs is 1. The summed E-state index contributed by atoms with van der Waals surface area (Å²) in [5.74, 6) is 0.199. The summed E-state index contributed by atoms with van der Waals surface area (Å²) in [5, 5.41) is 13.4. The van der Waals surface area contributed by atoms with Crippen LogP contribution < -0.4 is 26.2 Å². The molecule has 0 bridgehead atoms. The van der Waals surface area contributed by atoms with Crippen molar-refractivity contribution in [1.29, 1.82) is 0 Å². The highest BCUT2D eigenvalue weighted by Crippen LogP contribution is 2.31. The Morgan fingerprint density at radius 1 is 0.861 bits per heavy atom. The zero-order valence-electron chi connectivity index (χ0n) is 41.1. The van der Waals surface area contributed by atoms with Gasteiger partial charge in [0.1, 0.15) is 40.5 Å². The Kier molecular flexibility index (Phi) is 17.3. The van der Waals surface area contributed by atoms with E-state index < -0.39 is 11.7 Å². The minimum Gasteiger partial charge on any atom is -0.377 e. The monoisotopic (exact) mass is 1030 g/mol. The lowest BCUT2D eigenvalue weighted by atomic mass is 9.83. The molecule has 1 unspecified atom stereocenters. The van der Waals surface area contributed by atoms with Crippen molar-refractivity contribution >= 4 is 85.8 Å². The predicted octanol–water partition coefficient (Wildman–Crippen LogP) is 5.39. The number of anilines is 4. The number of nitrogens with zero attached hydrogens (tertiary/aromatic N) is 8. The zero-order chi connectivity index (χ0) is 50.9. The van der Waals surface area contributed by atoms with Gasteiger partial charge in [-0.05, 0) is 69.5 Å². The average molecular weight is 1030 g/mol. The largest absolute Gasteiger partial charge is 0.377 e. The van der Waals surface area contributed by atoms with Crippen molar-refractivity contribution in [2.24, 2.45) is 13.0 Å². The maximum atomic E-state index is 14.6. The highest BCUT2D eigenvalue weighted by molar-refractivity contribution is 7.17. The van der Waals surface area contributed by atoms with E-state index in [9.17, 15) is 28.4 Å². The Labute approximate surface area is 426 Å². The first-order valence-electron chi connectivity index (χ1n) is 24.4. The number of hydrogen-bond donors (Lipinski definition) is 4. The minimum atomic E-state index is -0.539. The van der Waals surface area contributed by atoms with E-state index in [1.165, 1.54) is 36.1 Å². The van der Waals surface area contributed by atoms with Gasteiger partial charge in [0.05, 0.1) is 48.3 Å². The first kappa shape index (κ1) is 52.1. The Balaban J connectivity index is 0.751. The molecule has 5 amide bonds.